The first-order chi connectivity index (χ1) is 17.0. The molecule has 0 radical (unpaired) electrons. The molecule has 0 bridgehead atoms. The van der Waals surface area contributed by atoms with Crippen LogP contribution in [0.5, 0.6) is 11.5 Å². The molecule has 0 aliphatic rings. The summed E-state index contributed by atoms with van der Waals surface area (Å²) in [7, 11) is 0. The first-order valence-corrected chi connectivity index (χ1v) is 11.6. The Labute approximate surface area is 205 Å². The molecule has 3 aromatic carbocycles. The number of carbonyl (C=O) groups is 2. The molecule has 0 aliphatic carbocycles. The monoisotopic (exact) mass is 477 g/mol. The first kappa shape index (κ1) is 25.4. The molecular weight excluding hydrogens is 446 g/mol. The van der Waals surface area contributed by atoms with E-state index in [1.807, 2.05) is 31.2 Å². The van der Waals surface area contributed by atoms with Crippen LogP contribution in [0.1, 0.15) is 25.8 Å². The van der Waals surface area contributed by atoms with Gasteiger partial charge in [-0.25, -0.2) is 9.59 Å². The highest BCUT2D eigenvalue weighted by molar-refractivity contribution is 6.02. The second-order valence-electron chi connectivity index (χ2n) is 7.81. The van der Waals surface area contributed by atoms with Crippen LogP contribution < -0.4 is 25.0 Å². The van der Waals surface area contributed by atoms with E-state index < -0.39 is 18.6 Å². The second kappa shape index (κ2) is 12.9. The van der Waals surface area contributed by atoms with E-state index in [4.69, 9.17) is 14.6 Å². The molecule has 0 spiro atoms. The Balaban J connectivity index is 1.84. The molecule has 0 saturated carbocycles. The molecule has 3 N–H and O–H groups in total. The molecule has 0 heterocycles. The van der Waals surface area contributed by atoms with E-state index in [2.05, 4.69) is 34.6 Å². The van der Waals surface area contributed by atoms with E-state index in [0.29, 0.717) is 30.3 Å². The number of ether oxygens (including phenoxy) is 2. The van der Waals surface area contributed by atoms with Crippen molar-refractivity contribution in [2.24, 2.45) is 0 Å². The summed E-state index contributed by atoms with van der Waals surface area (Å²) in [5, 5.41) is 14.7. The third-order valence-corrected chi connectivity index (χ3v) is 5.05. The van der Waals surface area contributed by atoms with E-state index in [1.54, 1.807) is 36.4 Å². The number of hydrogen-bond acceptors (Lipinski definition) is 5. The van der Waals surface area contributed by atoms with E-state index in [9.17, 15) is 9.59 Å². The molecule has 8 heteroatoms. The van der Waals surface area contributed by atoms with Gasteiger partial charge in [0, 0.05) is 24.8 Å². The van der Waals surface area contributed by atoms with Gasteiger partial charge in [-0.1, -0.05) is 37.3 Å². The Hall–Kier alpha value is -4.20. The number of carbonyl (C=O) groups excluding carboxylic acids is 1. The normalized spacial score (nSPS) is 10.3. The highest BCUT2D eigenvalue weighted by Gasteiger charge is 2.16. The van der Waals surface area contributed by atoms with Gasteiger partial charge in [-0.05, 0) is 55.3 Å². The maximum absolute atomic E-state index is 12.9. The zero-order valence-corrected chi connectivity index (χ0v) is 20.0. The van der Waals surface area contributed by atoms with Crippen LogP contribution in [-0.4, -0.2) is 36.9 Å². The van der Waals surface area contributed by atoms with Gasteiger partial charge in [0.2, 0.25) is 0 Å². The molecule has 184 valence electrons. The standard InChI is InChI=1S/C27H31N3O5/c1-3-16-30(18-20-8-6-5-7-9-20)25-15-14-23(35-19-26(31)32)17-24(25)29-27(33)28-21-10-12-22(13-11-21)34-4-2/h5-15,17H,3-4,16,18-19H2,1-2H3,(H,31,32)(H2,28,29,33). The number of benzene rings is 3. The molecule has 0 unspecified atom stereocenters. The fraction of sp³-hybridized carbons (Fsp3) is 0.259. The maximum Gasteiger partial charge on any atom is 0.341 e. The number of carboxylic acid groups (broad SMARTS) is 1. The highest BCUT2D eigenvalue weighted by Crippen LogP contribution is 2.32. The number of aliphatic carboxylic acids is 1. The fourth-order valence-corrected chi connectivity index (χ4v) is 3.57. The summed E-state index contributed by atoms with van der Waals surface area (Å²) in [6, 6.07) is 21.9. The van der Waals surface area contributed by atoms with Gasteiger partial charge in [0.1, 0.15) is 11.5 Å². The first-order valence-electron chi connectivity index (χ1n) is 11.6. The Kier molecular flexibility index (Phi) is 9.36. The van der Waals surface area contributed by atoms with E-state index in [0.717, 1.165) is 30.0 Å². The van der Waals surface area contributed by atoms with Crippen molar-refractivity contribution in [1.82, 2.24) is 0 Å². The summed E-state index contributed by atoms with van der Waals surface area (Å²) >= 11 is 0. The smallest absolute Gasteiger partial charge is 0.341 e. The fourth-order valence-electron chi connectivity index (χ4n) is 3.57. The van der Waals surface area contributed by atoms with Gasteiger partial charge in [-0.2, -0.15) is 0 Å². The van der Waals surface area contributed by atoms with Crippen molar-refractivity contribution in [2.75, 3.05) is 35.3 Å². The van der Waals surface area contributed by atoms with Gasteiger partial charge >= 0.3 is 12.0 Å². The SMILES string of the molecule is CCCN(Cc1ccccc1)c1ccc(OCC(=O)O)cc1NC(=O)Nc1ccc(OCC)cc1. The van der Waals surface area contributed by atoms with Crippen LogP contribution in [0.2, 0.25) is 0 Å². The van der Waals surface area contributed by atoms with Crippen molar-refractivity contribution in [3.8, 4) is 11.5 Å². The molecule has 2 amide bonds. The minimum atomic E-state index is -1.08. The maximum atomic E-state index is 12.9. The van der Waals surface area contributed by atoms with Crippen LogP contribution in [0.25, 0.3) is 0 Å². The Morgan fingerprint density at radius 3 is 2.26 bits per heavy atom. The minimum Gasteiger partial charge on any atom is -0.494 e. The highest BCUT2D eigenvalue weighted by atomic mass is 16.5. The largest absolute Gasteiger partial charge is 0.494 e. The number of nitrogens with zero attached hydrogens (tertiary/aromatic N) is 1. The zero-order valence-electron chi connectivity index (χ0n) is 20.0. The number of rotatable bonds is 12. The number of hydrogen-bond donors (Lipinski definition) is 3. The molecule has 0 aliphatic heterocycles. The zero-order chi connectivity index (χ0) is 25.0. The lowest BCUT2D eigenvalue weighted by atomic mass is 10.1. The number of carboxylic acids is 1. The van der Waals surface area contributed by atoms with Gasteiger partial charge in [0.25, 0.3) is 0 Å². The summed E-state index contributed by atoms with van der Waals surface area (Å²) in [4.78, 5) is 26.0. The molecule has 3 aromatic rings. The molecule has 0 saturated heterocycles. The summed E-state index contributed by atoms with van der Waals surface area (Å²) in [5.41, 5.74) is 3.07. The number of nitrogens with one attached hydrogen (secondary N) is 2. The molecule has 3 rings (SSSR count). The summed E-state index contributed by atoms with van der Waals surface area (Å²) in [6.45, 7) is 5.51. The number of amides is 2. The van der Waals surface area contributed by atoms with Crippen LogP contribution in [0, 0.1) is 0 Å². The minimum absolute atomic E-state index is 0.351. The van der Waals surface area contributed by atoms with Crippen molar-refractivity contribution in [1.29, 1.82) is 0 Å². The summed E-state index contributed by atoms with van der Waals surface area (Å²) in [5.74, 6) is -0.00247. The van der Waals surface area contributed by atoms with E-state index in [-0.39, 0.29) is 0 Å². The van der Waals surface area contributed by atoms with Crippen molar-refractivity contribution in [2.45, 2.75) is 26.8 Å². The van der Waals surface area contributed by atoms with Gasteiger partial charge in [-0.15, -0.1) is 0 Å². The van der Waals surface area contributed by atoms with Crippen molar-refractivity contribution in [3.05, 3.63) is 78.4 Å². The van der Waals surface area contributed by atoms with Crippen LogP contribution in [0.3, 0.4) is 0 Å². The average molecular weight is 478 g/mol. The van der Waals surface area contributed by atoms with Crippen molar-refractivity contribution >= 4 is 29.1 Å². The predicted molar refractivity (Wildman–Crippen MR) is 138 cm³/mol. The summed E-state index contributed by atoms with van der Waals surface area (Å²) < 4.78 is 10.8. The quantitative estimate of drug-likeness (QED) is 0.314. The van der Waals surface area contributed by atoms with Gasteiger partial charge < -0.3 is 30.1 Å². The summed E-state index contributed by atoms with van der Waals surface area (Å²) in [6.07, 6.45) is 0.905. The third-order valence-electron chi connectivity index (χ3n) is 5.05. The molecule has 0 fully saturated rings. The lowest BCUT2D eigenvalue weighted by molar-refractivity contribution is -0.139. The average Bonchev–Trinajstić information content (AvgIpc) is 2.85. The van der Waals surface area contributed by atoms with E-state index in [1.165, 1.54) is 0 Å². The Morgan fingerprint density at radius 2 is 1.60 bits per heavy atom. The number of urea groups is 1. The molecule has 8 nitrogen and oxygen atoms in total. The van der Waals surface area contributed by atoms with Crippen molar-refractivity contribution in [3.63, 3.8) is 0 Å². The molecule has 0 atom stereocenters. The van der Waals surface area contributed by atoms with E-state index >= 15 is 0 Å². The van der Waals surface area contributed by atoms with Gasteiger partial charge in [0.15, 0.2) is 6.61 Å². The topological polar surface area (TPSA) is 100 Å². The van der Waals surface area contributed by atoms with Crippen LogP contribution >= 0.6 is 0 Å². The van der Waals surface area contributed by atoms with Gasteiger partial charge in [-0.3, -0.25) is 0 Å². The van der Waals surface area contributed by atoms with Crippen LogP contribution in [0.4, 0.5) is 21.9 Å². The van der Waals surface area contributed by atoms with Crippen LogP contribution in [0.15, 0.2) is 72.8 Å². The molecular formula is C27H31N3O5. The lowest BCUT2D eigenvalue weighted by Gasteiger charge is -2.27. The van der Waals surface area contributed by atoms with Crippen molar-refractivity contribution < 1.29 is 24.2 Å². The van der Waals surface area contributed by atoms with Gasteiger partial charge in [0.05, 0.1) is 18.0 Å². The Bertz CT molecular complexity index is 1100. The molecule has 0 aromatic heterocycles. The third kappa shape index (κ3) is 7.96. The predicted octanol–water partition coefficient (Wildman–Crippen LogP) is 5.61. The number of anilines is 3. The lowest BCUT2D eigenvalue weighted by Crippen LogP contribution is -2.26. The van der Waals surface area contributed by atoms with Crippen LogP contribution in [-0.2, 0) is 11.3 Å². The second-order valence-corrected chi connectivity index (χ2v) is 7.81. The Morgan fingerprint density at radius 1 is 0.886 bits per heavy atom. The molecule has 35 heavy (non-hydrogen) atoms.